The van der Waals surface area contributed by atoms with E-state index in [0.29, 0.717) is 5.69 Å². The highest BCUT2D eigenvalue weighted by atomic mass is 35.5. The lowest BCUT2D eigenvalue weighted by molar-refractivity contribution is -0.383. The van der Waals surface area contributed by atoms with Gasteiger partial charge >= 0.3 is 5.69 Å². The van der Waals surface area contributed by atoms with E-state index in [1.54, 1.807) is 18.2 Å². The van der Waals surface area contributed by atoms with Gasteiger partial charge in [-0.3, -0.25) is 10.1 Å². The fraction of sp³-hybridized carbons (Fsp3) is 0.538. The SMILES string of the molecule is CC1(Nc2cccc(Cl)c2[N+](=O)[O-])CCCCC1. The molecule has 0 spiro atoms. The van der Waals surface area contributed by atoms with Crippen LogP contribution in [-0.2, 0) is 0 Å². The predicted octanol–water partition coefficient (Wildman–Crippen LogP) is 4.38. The van der Waals surface area contributed by atoms with E-state index in [0.717, 1.165) is 25.7 Å². The highest BCUT2D eigenvalue weighted by Crippen LogP contribution is 2.37. The molecule has 1 aliphatic carbocycles. The Morgan fingerprint density at radius 3 is 2.61 bits per heavy atom. The molecule has 4 nitrogen and oxygen atoms in total. The number of rotatable bonds is 3. The third-order valence-electron chi connectivity index (χ3n) is 3.56. The summed E-state index contributed by atoms with van der Waals surface area (Å²) in [5.74, 6) is 0. The van der Waals surface area contributed by atoms with E-state index in [2.05, 4.69) is 12.2 Å². The molecule has 1 fully saturated rings. The summed E-state index contributed by atoms with van der Waals surface area (Å²) in [7, 11) is 0. The van der Waals surface area contributed by atoms with Crippen molar-refractivity contribution in [2.24, 2.45) is 0 Å². The first kappa shape index (κ1) is 13.1. The van der Waals surface area contributed by atoms with Crippen molar-refractivity contribution in [3.63, 3.8) is 0 Å². The summed E-state index contributed by atoms with van der Waals surface area (Å²) in [5.41, 5.74) is 0.441. The molecule has 2 rings (SSSR count). The summed E-state index contributed by atoms with van der Waals surface area (Å²) in [6, 6.07) is 5.02. The van der Waals surface area contributed by atoms with E-state index < -0.39 is 4.92 Å². The standard InChI is InChI=1S/C13H17ClN2O2/c1-13(8-3-2-4-9-13)15-11-7-5-6-10(14)12(11)16(17)18/h5-7,15H,2-4,8-9H2,1H3. The van der Waals surface area contributed by atoms with Gasteiger partial charge in [-0.2, -0.15) is 0 Å². The number of hydrogen-bond donors (Lipinski definition) is 1. The van der Waals surface area contributed by atoms with Gasteiger partial charge in [-0.05, 0) is 31.9 Å². The Labute approximate surface area is 111 Å². The molecule has 1 N–H and O–H groups in total. The summed E-state index contributed by atoms with van der Waals surface area (Å²) in [4.78, 5) is 10.6. The molecular weight excluding hydrogens is 252 g/mol. The van der Waals surface area contributed by atoms with E-state index in [9.17, 15) is 10.1 Å². The van der Waals surface area contributed by atoms with Gasteiger partial charge in [-0.1, -0.05) is 36.9 Å². The summed E-state index contributed by atoms with van der Waals surface area (Å²) in [5, 5.41) is 14.6. The molecule has 0 saturated heterocycles. The zero-order valence-electron chi connectivity index (χ0n) is 10.4. The Bertz CT molecular complexity index is 456. The van der Waals surface area contributed by atoms with Gasteiger partial charge < -0.3 is 5.32 Å². The van der Waals surface area contributed by atoms with Gasteiger partial charge in [0.15, 0.2) is 0 Å². The van der Waals surface area contributed by atoms with Crippen molar-refractivity contribution in [1.82, 2.24) is 0 Å². The molecule has 1 aliphatic rings. The molecule has 18 heavy (non-hydrogen) atoms. The van der Waals surface area contributed by atoms with Gasteiger partial charge in [0, 0.05) is 5.54 Å². The first-order valence-electron chi connectivity index (χ1n) is 6.23. The fourth-order valence-corrected chi connectivity index (χ4v) is 2.83. The van der Waals surface area contributed by atoms with Crippen LogP contribution in [0.3, 0.4) is 0 Å². The largest absolute Gasteiger partial charge is 0.374 e. The van der Waals surface area contributed by atoms with Gasteiger partial charge in [0.1, 0.15) is 10.7 Å². The summed E-state index contributed by atoms with van der Waals surface area (Å²) in [6.45, 7) is 2.12. The molecule has 1 saturated carbocycles. The Morgan fingerprint density at radius 1 is 1.33 bits per heavy atom. The number of nitrogens with one attached hydrogen (secondary N) is 1. The molecule has 1 aromatic rings. The van der Waals surface area contributed by atoms with E-state index >= 15 is 0 Å². The van der Waals surface area contributed by atoms with Crippen molar-refractivity contribution in [3.05, 3.63) is 33.3 Å². The van der Waals surface area contributed by atoms with Crippen LogP contribution in [0, 0.1) is 10.1 Å². The number of benzene rings is 1. The second-order valence-electron chi connectivity index (χ2n) is 5.14. The summed E-state index contributed by atoms with van der Waals surface area (Å²) in [6.07, 6.45) is 5.65. The van der Waals surface area contributed by atoms with Gasteiger partial charge in [0.25, 0.3) is 0 Å². The van der Waals surface area contributed by atoms with Crippen molar-refractivity contribution >= 4 is 23.0 Å². The number of halogens is 1. The zero-order valence-corrected chi connectivity index (χ0v) is 11.2. The minimum Gasteiger partial charge on any atom is -0.374 e. The maximum absolute atomic E-state index is 11.1. The Kier molecular flexibility index (Phi) is 3.76. The van der Waals surface area contributed by atoms with E-state index in [1.165, 1.54) is 6.42 Å². The van der Waals surface area contributed by atoms with Gasteiger partial charge in [-0.25, -0.2) is 0 Å². The molecular formula is C13H17ClN2O2. The van der Waals surface area contributed by atoms with Crippen molar-refractivity contribution < 1.29 is 4.92 Å². The lowest BCUT2D eigenvalue weighted by Gasteiger charge is -2.35. The van der Waals surface area contributed by atoms with Crippen LogP contribution < -0.4 is 5.32 Å². The van der Waals surface area contributed by atoms with Crippen LogP contribution in [-0.4, -0.2) is 10.5 Å². The molecule has 0 bridgehead atoms. The topological polar surface area (TPSA) is 55.2 Å². The van der Waals surface area contributed by atoms with Crippen molar-refractivity contribution in [1.29, 1.82) is 0 Å². The molecule has 98 valence electrons. The van der Waals surface area contributed by atoms with Gasteiger partial charge in [0.05, 0.1) is 4.92 Å². The van der Waals surface area contributed by atoms with Gasteiger partial charge in [-0.15, -0.1) is 0 Å². The molecule has 0 atom stereocenters. The van der Waals surface area contributed by atoms with Gasteiger partial charge in [0.2, 0.25) is 0 Å². The van der Waals surface area contributed by atoms with Crippen molar-refractivity contribution in [3.8, 4) is 0 Å². The molecule has 5 heteroatoms. The van der Waals surface area contributed by atoms with E-state index in [4.69, 9.17) is 11.6 Å². The number of hydrogen-bond acceptors (Lipinski definition) is 3. The second kappa shape index (κ2) is 5.14. The maximum atomic E-state index is 11.1. The minimum atomic E-state index is -0.420. The van der Waals surface area contributed by atoms with Crippen LogP contribution in [0.4, 0.5) is 11.4 Å². The Balaban J connectivity index is 2.28. The first-order valence-corrected chi connectivity index (χ1v) is 6.61. The highest BCUT2D eigenvalue weighted by molar-refractivity contribution is 6.33. The average molecular weight is 269 g/mol. The Hall–Kier alpha value is -1.29. The average Bonchev–Trinajstić information content (AvgIpc) is 2.28. The minimum absolute atomic E-state index is 0.0223. The van der Waals surface area contributed by atoms with Crippen molar-refractivity contribution in [2.45, 2.75) is 44.6 Å². The fourth-order valence-electron chi connectivity index (χ4n) is 2.58. The summed E-state index contributed by atoms with van der Waals surface area (Å²) >= 11 is 5.91. The molecule has 0 unspecified atom stereocenters. The number of nitrogens with zero attached hydrogens (tertiary/aromatic N) is 1. The van der Waals surface area contributed by atoms with Crippen LogP contribution in [0.2, 0.25) is 5.02 Å². The molecule has 0 radical (unpaired) electrons. The van der Waals surface area contributed by atoms with E-state index in [-0.39, 0.29) is 16.2 Å². The molecule has 0 aromatic heterocycles. The Morgan fingerprint density at radius 2 is 2.00 bits per heavy atom. The van der Waals surface area contributed by atoms with Crippen LogP contribution in [0.5, 0.6) is 0 Å². The van der Waals surface area contributed by atoms with Crippen LogP contribution in [0.1, 0.15) is 39.0 Å². The first-order chi connectivity index (χ1) is 8.52. The number of nitro benzene ring substituents is 1. The lowest BCUT2D eigenvalue weighted by Crippen LogP contribution is -2.36. The van der Waals surface area contributed by atoms with Crippen LogP contribution in [0.15, 0.2) is 18.2 Å². The third-order valence-corrected chi connectivity index (χ3v) is 3.87. The van der Waals surface area contributed by atoms with Crippen LogP contribution >= 0.6 is 11.6 Å². The number of para-hydroxylation sites is 1. The smallest absolute Gasteiger partial charge is 0.310 e. The zero-order chi connectivity index (χ0) is 13.2. The summed E-state index contributed by atoms with van der Waals surface area (Å²) < 4.78 is 0. The molecule has 0 amide bonds. The molecule has 0 aliphatic heterocycles. The third kappa shape index (κ3) is 2.75. The van der Waals surface area contributed by atoms with E-state index in [1.807, 2.05) is 0 Å². The lowest BCUT2D eigenvalue weighted by atomic mass is 9.83. The maximum Gasteiger partial charge on any atom is 0.310 e. The second-order valence-corrected chi connectivity index (χ2v) is 5.55. The molecule has 0 heterocycles. The number of nitro groups is 1. The van der Waals surface area contributed by atoms with Crippen LogP contribution in [0.25, 0.3) is 0 Å². The molecule has 1 aromatic carbocycles. The number of anilines is 1. The van der Waals surface area contributed by atoms with Crippen molar-refractivity contribution in [2.75, 3.05) is 5.32 Å². The highest BCUT2D eigenvalue weighted by Gasteiger charge is 2.29. The monoisotopic (exact) mass is 268 g/mol. The normalized spacial score (nSPS) is 18.3. The quantitative estimate of drug-likeness (QED) is 0.654. The predicted molar refractivity (Wildman–Crippen MR) is 73.2 cm³/mol.